The van der Waals surface area contributed by atoms with Gasteiger partial charge in [-0.15, -0.1) is 10.2 Å². The lowest BCUT2D eigenvalue weighted by Crippen LogP contribution is -3.07. The van der Waals surface area contributed by atoms with Crippen molar-refractivity contribution in [3.8, 4) is 0 Å². The Kier molecular flexibility index (Phi) is 6.35. The zero-order chi connectivity index (χ0) is 15.9. The molecule has 7 heteroatoms. The number of nitrogens with zero attached hydrogens (tertiary/aromatic N) is 2. The molecule has 0 bridgehead atoms. The number of rotatable bonds is 7. The first-order valence-electron chi connectivity index (χ1n) is 7.11. The summed E-state index contributed by atoms with van der Waals surface area (Å²) in [5.41, 5.74) is 1.23. The van der Waals surface area contributed by atoms with Crippen LogP contribution in [0.2, 0.25) is 0 Å². The van der Waals surface area contributed by atoms with Gasteiger partial charge < -0.3 is 10.2 Å². The second-order valence-corrected chi connectivity index (χ2v) is 7.62. The van der Waals surface area contributed by atoms with E-state index in [1.54, 1.807) is 0 Å². The van der Waals surface area contributed by atoms with Gasteiger partial charge in [0.1, 0.15) is 11.0 Å². The Morgan fingerprint density at radius 2 is 2.05 bits per heavy atom. The Labute approximate surface area is 139 Å². The molecule has 118 valence electrons. The van der Waals surface area contributed by atoms with Crippen LogP contribution in [-0.2, 0) is 4.79 Å². The van der Waals surface area contributed by atoms with Gasteiger partial charge in [-0.3, -0.25) is 4.79 Å². The molecule has 2 rings (SSSR count). The van der Waals surface area contributed by atoms with Gasteiger partial charge in [0.25, 0.3) is 0 Å². The highest BCUT2D eigenvalue weighted by molar-refractivity contribution is 8.01. The van der Waals surface area contributed by atoms with Crippen LogP contribution in [0, 0.1) is 6.92 Å². The lowest BCUT2D eigenvalue weighted by atomic mass is 10.1. The van der Waals surface area contributed by atoms with Crippen molar-refractivity contribution in [3.63, 3.8) is 0 Å². The molecule has 0 aliphatic carbocycles. The summed E-state index contributed by atoms with van der Waals surface area (Å²) in [4.78, 5) is 13.3. The van der Waals surface area contributed by atoms with E-state index in [0.29, 0.717) is 12.3 Å². The van der Waals surface area contributed by atoms with Crippen LogP contribution in [0.25, 0.3) is 0 Å². The van der Waals surface area contributed by atoms with Gasteiger partial charge in [0, 0.05) is 5.56 Å². The summed E-state index contributed by atoms with van der Waals surface area (Å²) in [6.07, 6.45) is 0. The maximum Gasteiger partial charge on any atom is 0.230 e. The number of thioether (sulfide) groups is 1. The number of aryl methyl sites for hydroxylation is 1. The number of carbonyl (C=O) groups excluding carboxylic acids is 1. The fourth-order valence-corrected chi connectivity index (χ4v) is 3.72. The van der Waals surface area contributed by atoms with E-state index in [0.717, 1.165) is 9.35 Å². The molecule has 2 aromatic rings. The van der Waals surface area contributed by atoms with Crippen LogP contribution in [0.3, 0.4) is 0 Å². The lowest BCUT2D eigenvalue weighted by Gasteiger charge is -2.22. The van der Waals surface area contributed by atoms with Gasteiger partial charge in [0.05, 0.1) is 26.4 Å². The number of aromatic nitrogens is 2. The molecule has 0 aliphatic heterocycles. The highest BCUT2D eigenvalue weighted by atomic mass is 32.2. The molecule has 1 amide bonds. The maximum atomic E-state index is 12.0. The molecule has 0 aliphatic rings. The number of hydrogen-bond donors (Lipinski definition) is 2. The van der Waals surface area contributed by atoms with Crippen LogP contribution in [-0.4, -0.2) is 42.5 Å². The van der Waals surface area contributed by atoms with Crippen LogP contribution in [0.15, 0.2) is 34.7 Å². The first-order chi connectivity index (χ1) is 10.6. The summed E-state index contributed by atoms with van der Waals surface area (Å²) in [6.45, 7) is 2.53. The molecule has 22 heavy (non-hydrogen) atoms. The van der Waals surface area contributed by atoms with Crippen molar-refractivity contribution in [2.75, 3.05) is 26.4 Å². The average molecular weight is 337 g/mol. The standard InChI is InChI=1S/C15H20N4OS2/c1-11-17-18-15(22-11)21-10-14(20)16-9-13(19(2)3)12-7-5-4-6-8-12/h4-8,13H,9-10H2,1-3H3,(H,16,20)/p+1/t13-/m0/s1. The second-order valence-electron chi connectivity index (χ2n) is 5.22. The van der Waals surface area contributed by atoms with Crippen molar-refractivity contribution in [1.29, 1.82) is 0 Å². The van der Waals surface area contributed by atoms with E-state index in [4.69, 9.17) is 0 Å². The predicted octanol–water partition coefficient (Wildman–Crippen LogP) is 0.941. The molecular formula is C15H21N4OS2+. The highest BCUT2D eigenvalue weighted by Gasteiger charge is 2.18. The molecule has 0 fully saturated rings. The molecular weight excluding hydrogens is 316 g/mol. The first kappa shape index (κ1) is 16.9. The number of nitrogens with one attached hydrogen (secondary N) is 2. The van der Waals surface area contributed by atoms with E-state index in [9.17, 15) is 4.79 Å². The average Bonchev–Trinajstić information content (AvgIpc) is 2.92. The fourth-order valence-electron chi connectivity index (χ4n) is 2.07. The Hall–Kier alpha value is -1.44. The molecule has 5 nitrogen and oxygen atoms in total. The van der Waals surface area contributed by atoms with Gasteiger partial charge in [-0.2, -0.15) is 0 Å². The molecule has 0 saturated heterocycles. The molecule has 2 N–H and O–H groups in total. The van der Waals surface area contributed by atoms with Crippen molar-refractivity contribution in [1.82, 2.24) is 15.5 Å². The molecule has 1 heterocycles. The number of quaternary nitrogens is 1. The van der Waals surface area contributed by atoms with Crippen molar-refractivity contribution in [3.05, 3.63) is 40.9 Å². The highest BCUT2D eigenvalue weighted by Crippen LogP contribution is 2.21. The largest absolute Gasteiger partial charge is 0.349 e. The van der Waals surface area contributed by atoms with Crippen molar-refractivity contribution in [2.24, 2.45) is 0 Å². The van der Waals surface area contributed by atoms with Crippen LogP contribution in [0.1, 0.15) is 16.6 Å². The van der Waals surface area contributed by atoms with Gasteiger partial charge in [0.2, 0.25) is 5.91 Å². The van der Waals surface area contributed by atoms with Crippen molar-refractivity contribution in [2.45, 2.75) is 17.3 Å². The smallest absolute Gasteiger partial charge is 0.230 e. The van der Waals surface area contributed by atoms with Crippen LogP contribution >= 0.6 is 23.1 Å². The maximum absolute atomic E-state index is 12.0. The summed E-state index contributed by atoms with van der Waals surface area (Å²) < 4.78 is 0.838. The zero-order valence-electron chi connectivity index (χ0n) is 13.0. The van der Waals surface area contributed by atoms with Crippen molar-refractivity contribution >= 4 is 29.0 Å². The molecule has 1 atom stereocenters. The Morgan fingerprint density at radius 1 is 1.32 bits per heavy atom. The van der Waals surface area contributed by atoms with Crippen LogP contribution < -0.4 is 10.2 Å². The SMILES string of the molecule is Cc1nnc(SCC(=O)NC[C@@H](c2ccccc2)[NH+](C)C)s1. The molecule has 0 radical (unpaired) electrons. The number of benzene rings is 1. The number of amides is 1. The third-order valence-electron chi connectivity index (χ3n) is 3.24. The predicted molar refractivity (Wildman–Crippen MR) is 90.4 cm³/mol. The number of carbonyl (C=O) groups is 1. The van der Waals surface area contributed by atoms with Gasteiger partial charge >= 0.3 is 0 Å². The Morgan fingerprint density at radius 3 is 2.64 bits per heavy atom. The van der Waals surface area contributed by atoms with Crippen LogP contribution in [0.5, 0.6) is 0 Å². The summed E-state index contributed by atoms with van der Waals surface area (Å²) >= 11 is 2.94. The Balaban J connectivity index is 1.83. The summed E-state index contributed by atoms with van der Waals surface area (Å²) in [5, 5.41) is 11.9. The van der Waals surface area contributed by atoms with Gasteiger partial charge in [-0.05, 0) is 6.92 Å². The lowest BCUT2D eigenvalue weighted by molar-refractivity contribution is -0.890. The minimum Gasteiger partial charge on any atom is -0.349 e. The second kappa shape index (κ2) is 8.26. The van der Waals surface area contributed by atoms with Gasteiger partial charge in [0.15, 0.2) is 4.34 Å². The third kappa shape index (κ3) is 5.08. The molecule has 0 spiro atoms. The summed E-state index contributed by atoms with van der Waals surface area (Å²) in [5.74, 6) is 0.402. The van der Waals surface area contributed by atoms with E-state index in [-0.39, 0.29) is 11.9 Å². The minimum absolute atomic E-state index is 0.0278. The molecule has 0 saturated carbocycles. The van der Waals surface area contributed by atoms with Gasteiger partial charge in [-0.1, -0.05) is 53.4 Å². The Bertz CT molecular complexity index is 601. The summed E-state index contributed by atoms with van der Waals surface area (Å²) in [7, 11) is 4.20. The molecule has 1 aromatic heterocycles. The van der Waals surface area contributed by atoms with E-state index in [1.807, 2.05) is 25.1 Å². The zero-order valence-corrected chi connectivity index (χ0v) is 14.6. The van der Waals surface area contributed by atoms with Gasteiger partial charge in [-0.25, -0.2) is 0 Å². The van der Waals surface area contributed by atoms with E-state index < -0.39 is 0 Å². The van der Waals surface area contributed by atoms with E-state index >= 15 is 0 Å². The van der Waals surface area contributed by atoms with E-state index in [2.05, 4.69) is 41.7 Å². The number of hydrogen-bond acceptors (Lipinski definition) is 5. The minimum atomic E-state index is 0.0278. The fraction of sp³-hybridized carbons (Fsp3) is 0.400. The first-order valence-corrected chi connectivity index (χ1v) is 8.91. The van der Waals surface area contributed by atoms with E-state index in [1.165, 1.54) is 33.6 Å². The molecule has 0 unspecified atom stereocenters. The van der Waals surface area contributed by atoms with Crippen LogP contribution in [0.4, 0.5) is 0 Å². The monoisotopic (exact) mass is 337 g/mol. The number of likely N-dealkylation sites (N-methyl/N-ethyl adjacent to an activating group) is 1. The topological polar surface area (TPSA) is 59.3 Å². The van der Waals surface area contributed by atoms with Crippen molar-refractivity contribution < 1.29 is 9.69 Å². The third-order valence-corrected chi connectivity index (χ3v) is 5.21. The molecule has 1 aromatic carbocycles. The summed E-state index contributed by atoms with van der Waals surface area (Å²) in [6, 6.07) is 10.5. The quantitative estimate of drug-likeness (QED) is 0.739. The normalized spacial score (nSPS) is 12.4.